The lowest BCUT2D eigenvalue weighted by Crippen LogP contribution is -2.16. The summed E-state index contributed by atoms with van der Waals surface area (Å²) in [5.41, 5.74) is 6.74. The van der Waals surface area contributed by atoms with Gasteiger partial charge in [0.1, 0.15) is 5.78 Å². The van der Waals surface area contributed by atoms with Gasteiger partial charge >= 0.3 is 5.97 Å². The largest absolute Gasteiger partial charge is 0.466 e. The molecule has 0 saturated heterocycles. The van der Waals surface area contributed by atoms with Crippen molar-refractivity contribution in [2.45, 2.75) is 45.7 Å². The number of aromatic nitrogens is 3. The van der Waals surface area contributed by atoms with Crippen LogP contribution >= 0.6 is 23.1 Å². The maximum Gasteiger partial charge on any atom is 0.311 e. The first kappa shape index (κ1) is 22.8. The Bertz CT molecular complexity index is 833. The third kappa shape index (κ3) is 8.35. The van der Waals surface area contributed by atoms with Gasteiger partial charge in [-0.2, -0.15) is 0 Å². The summed E-state index contributed by atoms with van der Waals surface area (Å²) in [6.45, 7) is 7.43. The average Bonchev–Trinajstić information content (AvgIpc) is 2.98. The van der Waals surface area contributed by atoms with E-state index in [0.717, 1.165) is 10.6 Å². The highest BCUT2D eigenvalue weighted by Crippen LogP contribution is 2.15. The van der Waals surface area contributed by atoms with Gasteiger partial charge in [-0.1, -0.05) is 18.7 Å². The summed E-state index contributed by atoms with van der Waals surface area (Å²) >= 11 is 2.57. The number of aromatic amines is 1. The van der Waals surface area contributed by atoms with E-state index < -0.39 is 0 Å². The van der Waals surface area contributed by atoms with Gasteiger partial charge in [0.25, 0.3) is 5.56 Å². The van der Waals surface area contributed by atoms with Gasteiger partial charge in [-0.3, -0.25) is 14.4 Å². The third-order valence-electron chi connectivity index (χ3n) is 3.16. The van der Waals surface area contributed by atoms with Crippen molar-refractivity contribution in [1.29, 1.82) is 0 Å². The SMILES string of the molecule is CCOC(=O)Cc1cnc(N)s1.CCc1c(C)nc(SCC(C)=O)[nH]c1=O. The number of thioether (sulfide) groups is 1. The number of ketones is 1. The first-order valence-corrected chi connectivity index (χ1v) is 10.1. The molecule has 0 aliphatic heterocycles. The van der Waals surface area contributed by atoms with E-state index in [4.69, 9.17) is 10.5 Å². The van der Waals surface area contributed by atoms with Gasteiger partial charge in [-0.05, 0) is 27.2 Å². The number of carbonyl (C=O) groups is 2. The highest BCUT2D eigenvalue weighted by Gasteiger charge is 2.07. The van der Waals surface area contributed by atoms with Crippen LogP contribution in [-0.4, -0.2) is 39.1 Å². The number of nitrogens with one attached hydrogen (secondary N) is 1. The van der Waals surface area contributed by atoms with Gasteiger partial charge in [-0.25, -0.2) is 9.97 Å². The molecule has 2 rings (SSSR count). The minimum Gasteiger partial charge on any atom is -0.466 e. The molecule has 0 aromatic carbocycles. The maximum atomic E-state index is 11.5. The third-order valence-corrected chi connectivity index (χ3v) is 5.01. The van der Waals surface area contributed by atoms with Crippen LogP contribution < -0.4 is 11.3 Å². The van der Waals surface area contributed by atoms with Crippen LogP contribution in [0.3, 0.4) is 0 Å². The number of esters is 1. The smallest absolute Gasteiger partial charge is 0.311 e. The molecular formula is C17H24N4O4S2. The minimum absolute atomic E-state index is 0.0693. The quantitative estimate of drug-likeness (QED) is 0.402. The predicted octanol–water partition coefficient (Wildman–Crippen LogP) is 2.15. The second-order valence-corrected chi connectivity index (χ2v) is 7.54. The van der Waals surface area contributed by atoms with Gasteiger partial charge in [0.05, 0.1) is 18.8 Å². The Morgan fingerprint density at radius 1 is 1.37 bits per heavy atom. The fourth-order valence-electron chi connectivity index (χ4n) is 2.00. The van der Waals surface area contributed by atoms with E-state index in [1.54, 1.807) is 13.1 Å². The van der Waals surface area contributed by atoms with E-state index in [2.05, 4.69) is 15.0 Å². The Balaban J connectivity index is 0.000000277. The zero-order chi connectivity index (χ0) is 20.4. The van der Waals surface area contributed by atoms with Gasteiger partial charge in [0, 0.05) is 22.3 Å². The maximum absolute atomic E-state index is 11.5. The van der Waals surface area contributed by atoms with Crippen molar-refractivity contribution in [3.63, 3.8) is 0 Å². The van der Waals surface area contributed by atoms with Crippen molar-refractivity contribution in [1.82, 2.24) is 15.0 Å². The summed E-state index contributed by atoms with van der Waals surface area (Å²) in [6, 6.07) is 0. The lowest BCUT2D eigenvalue weighted by atomic mass is 10.2. The zero-order valence-electron chi connectivity index (χ0n) is 15.8. The normalized spacial score (nSPS) is 10.1. The number of anilines is 1. The summed E-state index contributed by atoms with van der Waals surface area (Å²) in [4.78, 5) is 44.8. The van der Waals surface area contributed by atoms with Gasteiger partial charge < -0.3 is 15.5 Å². The molecule has 0 amide bonds. The standard InChI is InChI=1S/C10H14N2O2S.C7H10N2O2S/c1-4-8-7(3)11-10(12-9(8)14)15-5-6(2)13;1-2-11-6(10)3-5-4-9-7(8)12-5/h4-5H2,1-3H3,(H,11,12,14);4H,2-3H2,1H3,(H2,8,9). The van der Waals surface area contributed by atoms with Crippen LogP contribution in [-0.2, 0) is 27.2 Å². The lowest BCUT2D eigenvalue weighted by Gasteiger charge is -2.03. The van der Waals surface area contributed by atoms with Crippen LogP contribution in [0.1, 0.15) is 36.9 Å². The fourth-order valence-corrected chi connectivity index (χ4v) is 3.37. The van der Waals surface area contributed by atoms with E-state index in [1.165, 1.54) is 30.0 Å². The lowest BCUT2D eigenvalue weighted by molar-refractivity contribution is -0.142. The summed E-state index contributed by atoms with van der Waals surface area (Å²) < 4.78 is 4.75. The molecule has 2 aromatic rings. The molecule has 10 heteroatoms. The van der Waals surface area contributed by atoms with E-state index in [1.807, 2.05) is 13.8 Å². The van der Waals surface area contributed by atoms with Gasteiger partial charge in [-0.15, -0.1) is 11.3 Å². The number of nitrogens with two attached hydrogens (primary N) is 1. The number of H-pyrrole nitrogens is 1. The highest BCUT2D eigenvalue weighted by atomic mass is 32.2. The van der Waals surface area contributed by atoms with Crippen LogP contribution in [0.25, 0.3) is 0 Å². The molecule has 27 heavy (non-hydrogen) atoms. The molecule has 0 unspecified atom stereocenters. The van der Waals surface area contributed by atoms with E-state index in [0.29, 0.717) is 34.6 Å². The summed E-state index contributed by atoms with van der Waals surface area (Å²) in [5.74, 6) is 0.175. The molecule has 2 aromatic heterocycles. The van der Waals surface area contributed by atoms with Crippen molar-refractivity contribution >= 4 is 40.0 Å². The van der Waals surface area contributed by atoms with Gasteiger partial charge in [0.2, 0.25) is 0 Å². The van der Waals surface area contributed by atoms with E-state index in [9.17, 15) is 14.4 Å². The fraction of sp³-hybridized carbons (Fsp3) is 0.471. The molecule has 0 aliphatic rings. The summed E-state index contributed by atoms with van der Waals surface area (Å²) in [6.07, 6.45) is 2.53. The topological polar surface area (TPSA) is 128 Å². The van der Waals surface area contributed by atoms with Crippen LogP contribution in [0.5, 0.6) is 0 Å². The van der Waals surface area contributed by atoms with Crippen LogP contribution in [0.2, 0.25) is 0 Å². The Morgan fingerprint density at radius 3 is 2.56 bits per heavy atom. The van der Waals surface area contributed by atoms with Crippen LogP contribution in [0, 0.1) is 6.92 Å². The molecule has 0 atom stereocenters. The van der Waals surface area contributed by atoms with Crippen molar-refractivity contribution in [2.75, 3.05) is 18.1 Å². The molecule has 2 heterocycles. The molecule has 0 bridgehead atoms. The van der Waals surface area contributed by atoms with Crippen molar-refractivity contribution in [2.24, 2.45) is 0 Å². The predicted molar refractivity (Wildman–Crippen MR) is 107 cm³/mol. The Labute approximate surface area is 166 Å². The van der Waals surface area contributed by atoms with Crippen LogP contribution in [0.15, 0.2) is 16.1 Å². The van der Waals surface area contributed by atoms with Crippen molar-refractivity contribution < 1.29 is 14.3 Å². The number of nitrogens with zero attached hydrogens (tertiary/aromatic N) is 2. The van der Waals surface area contributed by atoms with Crippen LogP contribution in [0.4, 0.5) is 5.13 Å². The number of Topliss-reactive ketones (excluding diaryl/α,β-unsaturated/α-hetero) is 1. The summed E-state index contributed by atoms with van der Waals surface area (Å²) in [7, 11) is 0. The number of carbonyl (C=O) groups excluding carboxylic acids is 2. The Hall–Kier alpha value is -2.20. The van der Waals surface area contributed by atoms with Gasteiger partial charge in [0.15, 0.2) is 10.3 Å². The molecule has 0 saturated carbocycles. The molecular weight excluding hydrogens is 388 g/mol. The molecule has 3 N–H and O–H groups in total. The van der Waals surface area contributed by atoms with E-state index >= 15 is 0 Å². The highest BCUT2D eigenvalue weighted by molar-refractivity contribution is 7.99. The minimum atomic E-state index is -0.235. The molecule has 0 radical (unpaired) electrons. The number of hydrogen-bond acceptors (Lipinski definition) is 9. The zero-order valence-corrected chi connectivity index (χ0v) is 17.5. The Morgan fingerprint density at radius 2 is 2.07 bits per heavy atom. The number of nitrogen functional groups attached to an aromatic ring is 1. The average molecular weight is 413 g/mol. The molecule has 8 nitrogen and oxygen atoms in total. The second kappa shape index (κ2) is 11.5. The second-order valence-electron chi connectivity index (χ2n) is 5.43. The number of thiazole rings is 1. The first-order valence-electron chi connectivity index (χ1n) is 8.34. The number of aryl methyl sites for hydroxylation is 1. The van der Waals surface area contributed by atoms with Crippen molar-refractivity contribution in [3.05, 3.63) is 32.7 Å². The Kier molecular flexibility index (Phi) is 9.73. The number of rotatable bonds is 7. The van der Waals surface area contributed by atoms with E-state index in [-0.39, 0.29) is 23.7 Å². The molecule has 0 spiro atoms. The first-order chi connectivity index (χ1) is 12.8. The monoisotopic (exact) mass is 412 g/mol. The molecule has 0 aliphatic carbocycles. The molecule has 0 fully saturated rings. The number of ether oxygens (including phenoxy) is 1. The number of hydrogen-bond donors (Lipinski definition) is 2. The summed E-state index contributed by atoms with van der Waals surface area (Å²) in [5, 5.41) is 0.999. The van der Waals surface area contributed by atoms with Crippen molar-refractivity contribution in [3.8, 4) is 0 Å². The molecule has 148 valence electrons.